The minimum absolute atomic E-state index is 0.255. The predicted octanol–water partition coefficient (Wildman–Crippen LogP) is 10.3. The van der Waals surface area contributed by atoms with Gasteiger partial charge in [0.15, 0.2) is 11.5 Å². The van der Waals surface area contributed by atoms with E-state index in [-0.39, 0.29) is 5.82 Å². The molecule has 208 valence electrons. The van der Waals surface area contributed by atoms with Gasteiger partial charge in [-0.2, -0.15) is 0 Å². The van der Waals surface area contributed by atoms with Crippen LogP contribution in [0.15, 0.2) is 95.5 Å². The molecule has 3 heterocycles. The van der Waals surface area contributed by atoms with Gasteiger partial charge in [0.25, 0.3) is 0 Å². The van der Waals surface area contributed by atoms with E-state index in [9.17, 15) is 4.39 Å². The van der Waals surface area contributed by atoms with Crippen molar-refractivity contribution >= 4 is 33.1 Å². The van der Waals surface area contributed by atoms with E-state index in [1.807, 2.05) is 37.4 Å². The highest BCUT2D eigenvalue weighted by Gasteiger charge is 2.25. The molecule has 3 aromatic heterocycles. The van der Waals surface area contributed by atoms with Gasteiger partial charge >= 0.3 is 0 Å². The molecule has 0 radical (unpaired) electrons. The Morgan fingerprint density at radius 1 is 0.762 bits per heavy atom. The van der Waals surface area contributed by atoms with E-state index in [1.165, 1.54) is 17.2 Å². The molecule has 0 saturated heterocycles. The zero-order chi connectivity index (χ0) is 29.1. The third-order valence-corrected chi connectivity index (χ3v) is 8.12. The molecular formula is C37H32FN3O. The first-order chi connectivity index (χ1) is 20.3. The molecular weight excluding hydrogens is 521 g/mol. The number of aromatic nitrogens is 3. The van der Waals surface area contributed by atoms with Gasteiger partial charge < -0.3 is 4.42 Å². The van der Waals surface area contributed by atoms with Gasteiger partial charge in [-0.3, -0.25) is 4.57 Å². The van der Waals surface area contributed by atoms with E-state index in [2.05, 4.69) is 74.7 Å². The molecule has 0 atom stereocenters. The van der Waals surface area contributed by atoms with Gasteiger partial charge in [0, 0.05) is 22.5 Å². The van der Waals surface area contributed by atoms with Crippen molar-refractivity contribution < 1.29 is 8.81 Å². The fraction of sp³-hybridized carbons (Fsp3) is 0.189. The zero-order valence-corrected chi connectivity index (χ0v) is 24.4. The van der Waals surface area contributed by atoms with Gasteiger partial charge in [-0.05, 0) is 71.3 Å². The first kappa shape index (κ1) is 26.1. The summed E-state index contributed by atoms with van der Waals surface area (Å²) < 4.78 is 23.5. The quantitative estimate of drug-likeness (QED) is 0.213. The van der Waals surface area contributed by atoms with Crippen LogP contribution in [0.4, 0.5) is 4.39 Å². The molecule has 0 fully saturated rings. The van der Waals surface area contributed by atoms with E-state index in [4.69, 9.17) is 14.4 Å². The Hall–Kier alpha value is -4.77. The number of para-hydroxylation sites is 2. The second kappa shape index (κ2) is 9.95. The fourth-order valence-corrected chi connectivity index (χ4v) is 6.07. The van der Waals surface area contributed by atoms with Crippen molar-refractivity contribution in [1.29, 1.82) is 0 Å². The Labute approximate surface area is 244 Å². The lowest BCUT2D eigenvalue weighted by atomic mass is 9.92. The maximum absolute atomic E-state index is 14.6. The SMILES string of the molecule is Cc1cnc2c(c1)nc(-c1cccc3c1oc1cc(-c4ccccc4F)ccc13)n2-c1c(C(C)C)cccc1C(C)C. The van der Waals surface area contributed by atoms with Crippen LogP contribution in [0.5, 0.6) is 0 Å². The molecule has 4 nitrogen and oxygen atoms in total. The third-order valence-electron chi connectivity index (χ3n) is 8.12. The van der Waals surface area contributed by atoms with Crippen molar-refractivity contribution in [3.63, 3.8) is 0 Å². The molecule has 7 rings (SSSR count). The van der Waals surface area contributed by atoms with E-state index in [0.717, 1.165) is 55.7 Å². The molecule has 0 aliphatic heterocycles. The highest BCUT2D eigenvalue weighted by atomic mass is 19.1. The second-order valence-corrected chi connectivity index (χ2v) is 11.7. The number of imidazole rings is 1. The van der Waals surface area contributed by atoms with Crippen LogP contribution in [0.2, 0.25) is 0 Å². The van der Waals surface area contributed by atoms with Crippen LogP contribution in [0.25, 0.3) is 61.3 Å². The zero-order valence-electron chi connectivity index (χ0n) is 24.4. The van der Waals surface area contributed by atoms with Gasteiger partial charge in [0.05, 0.1) is 11.3 Å². The van der Waals surface area contributed by atoms with Crippen molar-refractivity contribution in [2.45, 2.75) is 46.5 Å². The molecule has 5 heteroatoms. The number of benzene rings is 4. The fourth-order valence-electron chi connectivity index (χ4n) is 6.07. The maximum Gasteiger partial charge on any atom is 0.164 e. The summed E-state index contributed by atoms with van der Waals surface area (Å²) in [6, 6.07) is 27.6. The predicted molar refractivity (Wildman–Crippen MR) is 170 cm³/mol. The number of nitrogens with zero attached hydrogens (tertiary/aromatic N) is 3. The van der Waals surface area contributed by atoms with Crippen LogP contribution in [0.3, 0.4) is 0 Å². The van der Waals surface area contributed by atoms with Crippen molar-refractivity contribution in [2.75, 3.05) is 0 Å². The second-order valence-electron chi connectivity index (χ2n) is 11.7. The molecule has 0 amide bonds. The van der Waals surface area contributed by atoms with Crippen molar-refractivity contribution in [1.82, 2.24) is 14.5 Å². The standard InChI is InChI=1S/C37H32FN3O/c1-21(2)25-11-8-12-26(22(3)4)34(25)41-36(40-32-18-23(5)20-39-37(32)41)30-14-9-13-29-28-17-16-24(19-33(28)42-35(29)30)27-10-6-7-15-31(27)38/h6-22H,1-5H3. The minimum Gasteiger partial charge on any atom is -0.455 e. The molecule has 0 aliphatic carbocycles. The summed E-state index contributed by atoms with van der Waals surface area (Å²) in [5, 5.41) is 1.97. The summed E-state index contributed by atoms with van der Waals surface area (Å²) in [4.78, 5) is 10.1. The van der Waals surface area contributed by atoms with Crippen LogP contribution in [0.1, 0.15) is 56.2 Å². The number of aryl methyl sites for hydroxylation is 1. The summed E-state index contributed by atoms with van der Waals surface area (Å²) in [6.07, 6.45) is 1.91. The lowest BCUT2D eigenvalue weighted by Crippen LogP contribution is -2.09. The first-order valence-electron chi connectivity index (χ1n) is 14.5. The lowest BCUT2D eigenvalue weighted by molar-refractivity contribution is 0.631. The average Bonchev–Trinajstić information content (AvgIpc) is 3.54. The molecule has 42 heavy (non-hydrogen) atoms. The smallest absolute Gasteiger partial charge is 0.164 e. The summed E-state index contributed by atoms with van der Waals surface area (Å²) in [7, 11) is 0. The molecule has 4 aromatic carbocycles. The number of halogens is 1. The number of furan rings is 1. The van der Waals surface area contributed by atoms with Crippen molar-refractivity contribution in [2.24, 2.45) is 0 Å². The van der Waals surface area contributed by atoms with E-state index in [1.54, 1.807) is 12.1 Å². The third kappa shape index (κ3) is 4.11. The Kier molecular flexibility index (Phi) is 6.19. The van der Waals surface area contributed by atoms with Gasteiger partial charge in [-0.1, -0.05) is 82.3 Å². The van der Waals surface area contributed by atoms with Crippen LogP contribution < -0.4 is 0 Å². The maximum atomic E-state index is 14.6. The van der Waals surface area contributed by atoms with E-state index < -0.39 is 0 Å². The minimum atomic E-state index is -0.255. The number of fused-ring (bicyclic) bond motifs is 4. The summed E-state index contributed by atoms with van der Waals surface area (Å²) in [6.45, 7) is 11.0. The van der Waals surface area contributed by atoms with Gasteiger partial charge in [-0.15, -0.1) is 0 Å². The van der Waals surface area contributed by atoms with E-state index in [0.29, 0.717) is 23.0 Å². The molecule has 7 aromatic rings. The number of rotatable bonds is 5. The van der Waals surface area contributed by atoms with Gasteiger partial charge in [0.1, 0.15) is 22.5 Å². The van der Waals surface area contributed by atoms with E-state index >= 15 is 0 Å². The van der Waals surface area contributed by atoms with Crippen molar-refractivity contribution in [3.05, 3.63) is 114 Å². The Bertz CT molecular complexity index is 2110. The van der Waals surface area contributed by atoms with Crippen LogP contribution >= 0.6 is 0 Å². The summed E-state index contributed by atoms with van der Waals surface area (Å²) in [5.74, 6) is 1.13. The van der Waals surface area contributed by atoms with Gasteiger partial charge in [0.2, 0.25) is 0 Å². The average molecular weight is 554 g/mol. The highest BCUT2D eigenvalue weighted by Crippen LogP contribution is 2.41. The van der Waals surface area contributed by atoms with Gasteiger partial charge in [-0.25, -0.2) is 14.4 Å². The molecule has 0 bridgehead atoms. The number of hydrogen-bond acceptors (Lipinski definition) is 3. The molecule has 0 saturated carbocycles. The lowest BCUT2D eigenvalue weighted by Gasteiger charge is -2.22. The first-order valence-corrected chi connectivity index (χ1v) is 14.5. The van der Waals surface area contributed by atoms with Crippen molar-refractivity contribution in [3.8, 4) is 28.2 Å². The molecule has 0 unspecified atom stereocenters. The summed E-state index contributed by atoms with van der Waals surface area (Å²) in [5.41, 5.74) is 10.0. The topological polar surface area (TPSA) is 43.9 Å². The Morgan fingerprint density at radius 3 is 2.21 bits per heavy atom. The highest BCUT2D eigenvalue weighted by molar-refractivity contribution is 6.10. The molecule has 0 N–H and O–H groups in total. The number of pyridine rings is 1. The molecule has 0 spiro atoms. The monoisotopic (exact) mass is 553 g/mol. The van der Waals surface area contributed by atoms with Crippen LogP contribution in [-0.4, -0.2) is 14.5 Å². The summed E-state index contributed by atoms with van der Waals surface area (Å²) >= 11 is 0. The van der Waals surface area contributed by atoms with Crippen LogP contribution in [-0.2, 0) is 0 Å². The number of hydrogen-bond donors (Lipinski definition) is 0. The van der Waals surface area contributed by atoms with Crippen LogP contribution in [0, 0.1) is 12.7 Å². The Morgan fingerprint density at radius 2 is 1.48 bits per heavy atom. The Balaban J connectivity index is 1.54. The largest absolute Gasteiger partial charge is 0.455 e. The molecule has 0 aliphatic rings. The normalized spacial score (nSPS) is 12.0.